The highest BCUT2D eigenvalue weighted by Gasteiger charge is 2.63. The van der Waals surface area contributed by atoms with E-state index in [1.54, 1.807) is 12.1 Å². The molecular weight excluding hydrogens is 629 g/mol. The number of ether oxygens (including phenoxy) is 2. The molecule has 47 heavy (non-hydrogen) atoms. The van der Waals surface area contributed by atoms with Gasteiger partial charge in [-0.3, -0.25) is 0 Å². The number of benzene rings is 4. The van der Waals surface area contributed by atoms with Crippen LogP contribution in [0.25, 0.3) is 22.8 Å². The Labute approximate surface area is 284 Å². The second-order valence-electron chi connectivity index (χ2n) is 12.5. The number of carbonyl (C=O) groups is 2. The molecule has 7 rings (SSSR count). The van der Waals surface area contributed by atoms with Crippen molar-refractivity contribution in [3.63, 3.8) is 0 Å². The molecule has 0 amide bonds. The molecule has 0 radical (unpaired) electrons. The third-order valence-electron chi connectivity index (χ3n) is 8.89. The first-order chi connectivity index (χ1) is 22.6. The summed E-state index contributed by atoms with van der Waals surface area (Å²) >= 11 is 12.7. The summed E-state index contributed by atoms with van der Waals surface area (Å²) in [5, 5.41) is 1.10. The summed E-state index contributed by atoms with van der Waals surface area (Å²) in [6.45, 7) is 7.25. The van der Waals surface area contributed by atoms with Crippen LogP contribution in [-0.4, -0.2) is 30.2 Å². The lowest BCUT2D eigenvalue weighted by Crippen LogP contribution is -2.47. The van der Waals surface area contributed by atoms with E-state index in [0.717, 1.165) is 44.6 Å². The van der Waals surface area contributed by atoms with Crippen LogP contribution in [0.5, 0.6) is 0 Å². The largest absolute Gasteiger partial charge is 0.460 e. The van der Waals surface area contributed by atoms with E-state index in [0.29, 0.717) is 10.0 Å². The fourth-order valence-corrected chi connectivity index (χ4v) is 7.74. The molecule has 0 aromatic heterocycles. The van der Waals surface area contributed by atoms with E-state index in [2.05, 4.69) is 30.3 Å². The summed E-state index contributed by atoms with van der Waals surface area (Å²) in [6.07, 6.45) is 5.32. The summed E-state index contributed by atoms with van der Waals surface area (Å²) in [4.78, 5) is 30.9. The zero-order valence-corrected chi connectivity index (χ0v) is 28.0. The van der Waals surface area contributed by atoms with Crippen LogP contribution in [-0.2, 0) is 24.5 Å². The number of anilines is 1. The molecule has 4 aromatic carbocycles. The highest BCUT2D eigenvalue weighted by atomic mass is 35.5. The Morgan fingerprint density at radius 1 is 0.745 bits per heavy atom. The number of esters is 2. The molecule has 0 saturated heterocycles. The van der Waals surface area contributed by atoms with Gasteiger partial charge in [0.05, 0.1) is 29.2 Å². The number of hydrogen-bond donors (Lipinski definition) is 0. The minimum Gasteiger partial charge on any atom is -0.460 e. The van der Waals surface area contributed by atoms with Crippen molar-refractivity contribution in [2.24, 2.45) is 0 Å². The molecule has 7 heteroatoms. The minimum absolute atomic E-state index is 0.188. The normalized spacial score (nSPS) is 17.1. The van der Waals surface area contributed by atoms with Crippen LogP contribution in [0.2, 0.25) is 10.0 Å². The van der Waals surface area contributed by atoms with Crippen molar-refractivity contribution in [1.29, 1.82) is 0 Å². The first-order valence-corrected chi connectivity index (χ1v) is 16.5. The van der Waals surface area contributed by atoms with Crippen molar-refractivity contribution < 1.29 is 19.1 Å². The summed E-state index contributed by atoms with van der Waals surface area (Å²) in [5.74, 6) is -1.12. The molecule has 1 unspecified atom stereocenters. The van der Waals surface area contributed by atoms with Crippen molar-refractivity contribution in [3.05, 3.63) is 147 Å². The van der Waals surface area contributed by atoms with Gasteiger partial charge in [0.25, 0.3) is 0 Å². The zero-order chi connectivity index (χ0) is 33.0. The minimum atomic E-state index is -1.09. The Bertz CT molecular complexity index is 1990. The molecule has 0 fully saturated rings. The molecule has 3 aliphatic rings. The number of carbonyl (C=O) groups excluding carboxylic acids is 2. The lowest BCUT2D eigenvalue weighted by atomic mass is 9.67. The summed E-state index contributed by atoms with van der Waals surface area (Å²) in [5.41, 5.74) is 6.66. The maximum absolute atomic E-state index is 14.6. The van der Waals surface area contributed by atoms with E-state index in [4.69, 9.17) is 32.7 Å². The predicted molar refractivity (Wildman–Crippen MR) is 188 cm³/mol. The van der Waals surface area contributed by atoms with Crippen molar-refractivity contribution in [3.8, 4) is 11.1 Å². The maximum Gasteiger partial charge on any atom is 0.355 e. The van der Waals surface area contributed by atoms with Gasteiger partial charge in [-0.2, -0.15) is 0 Å². The first kappa shape index (κ1) is 31.0. The van der Waals surface area contributed by atoms with Crippen molar-refractivity contribution in [2.75, 3.05) is 4.90 Å². The van der Waals surface area contributed by atoms with Gasteiger partial charge < -0.3 is 14.4 Å². The molecular formula is C40H33Cl2NO4. The molecule has 5 nitrogen and oxygen atoms in total. The number of allylic oxidation sites excluding steroid dienone is 2. The SMILES string of the molecule is CC(C)OC(=O)C1=C(C(=O)OC(C)C)C2(c3ccccc3-c3ccccc32)C2C=C(/C=C/c3ccc(Cl)cc3Cl)c3ccccc3N12. The topological polar surface area (TPSA) is 55.8 Å². The maximum atomic E-state index is 14.6. The average molecular weight is 663 g/mol. The number of halogens is 2. The first-order valence-electron chi connectivity index (χ1n) is 15.7. The van der Waals surface area contributed by atoms with Gasteiger partial charge in [0.2, 0.25) is 0 Å². The van der Waals surface area contributed by atoms with Gasteiger partial charge in [-0.25, -0.2) is 9.59 Å². The predicted octanol–water partition coefficient (Wildman–Crippen LogP) is 9.42. The van der Waals surface area contributed by atoms with Crippen LogP contribution in [0.15, 0.2) is 114 Å². The van der Waals surface area contributed by atoms with Gasteiger partial charge in [0, 0.05) is 21.3 Å². The molecule has 1 atom stereocenters. The van der Waals surface area contributed by atoms with Crippen LogP contribution in [0.3, 0.4) is 0 Å². The lowest BCUT2D eigenvalue weighted by molar-refractivity contribution is -0.146. The lowest BCUT2D eigenvalue weighted by Gasteiger charge is -2.41. The fraction of sp³-hybridized carbons (Fsp3) is 0.200. The van der Waals surface area contributed by atoms with E-state index < -0.39 is 35.6 Å². The van der Waals surface area contributed by atoms with E-state index in [-0.39, 0.29) is 11.3 Å². The van der Waals surface area contributed by atoms with Crippen LogP contribution in [0.1, 0.15) is 49.9 Å². The second-order valence-corrected chi connectivity index (χ2v) is 13.3. The monoisotopic (exact) mass is 661 g/mol. The number of rotatable bonds is 6. The third kappa shape index (κ3) is 4.92. The van der Waals surface area contributed by atoms with E-state index in [9.17, 15) is 9.59 Å². The van der Waals surface area contributed by atoms with Gasteiger partial charge in [-0.05, 0) is 79.3 Å². The molecule has 0 bridgehead atoms. The van der Waals surface area contributed by atoms with Crippen molar-refractivity contribution >= 4 is 52.5 Å². The summed E-state index contributed by atoms with van der Waals surface area (Å²) in [7, 11) is 0. The van der Waals surface area contributed by atoms with Gasteiger partial charge in [0.1, 0.15) is 5.70 Å². The summed E-state index contributed by atoms with van der Waals surface area (Å²) in [6, 6.07) is 29.0. The number of para-hydroxylation sites is 1. The second kappa shape index (κ2) is 11.9. The van der Waals surface area contributed by atoms with E-state index in [1.165, 1.54) is 0 Å². The van der Waals surface area contributed by atoms with Gasteiger partial charge in [-0.1, -0.05) is 114 Å². The van der Waals surface area contributed by atoms with Crippen molar-refractivity contribution in [1.82, 2.24) is 0 Å². The number of nitrogens with zero attached hydrogens (tertiary/aromatic N) is 1. The fourth-order valence-electron chi connectivity index (χ4n) is 7.26. The highest BCUT2D eigenvalue weighted by Crippen LogP contribution is 2.62. The Balaban J connectivity index is 1.57. The molecule has 236 valence electrons. The molecule has 0 saturated carbocycles. The van der Waals surface area contributed by atoms with Crippen LogP contribution >= 0.6 is 23.2 Å². The number of hydrogen-bond acceptors (Lipinski definition) is 5. The van der Waals surface area contributed by atoms with Gasteiger partial charge >= 0.3 is 11.9 Å². The Kier molecular flexibility index (Phi) is 7.86. The van der Waals surface area contributed by atoms with Crippen LogP contribution < -0.4 is 4.90 Å². The molecule has 1 spiro atoms. The van der Waals surface area contributed by atoms with Crippen LogP contribution in [0.4, 0.5) is 5.69 Å². The third-order valence-corrected chi connectivity index (χ3v) is 9.45. The quantitative estimate of drug-likeness (QED) is 0.193. The molecule has 1 aliphatic carbocycles. The van der Waals surface area contributed by atoms with Gasteiger partial charge in [-0.15, -0.1) is 0 Å². The van der Waals surface area contributed by atoms with Crippen molar-refractivity contribution in [2.45, 2.75) is 51.4 Å². The van der Waals surface area contributed by atoms with Crippen LogP contribution in [0, 0.1) is 0 Å². The van der Waals surface area contributed by atoms with Gasteiger partial charge in [0.15, 0.2) is 0 Å². The molecule has 2 heterocycles. The standard InChI is InChI=1S/C40H33Cl2NO4/c1-23(2)46-38(44)36-37(39(45)47-24(3)4)43-34-16-10-7-11-28(34)26(18-17-25-19-20-27(41)22-33(25)42)21-35(43)40(36)31-14-8-5-12-29(31)30-13-6-9-15-32(30)40/h5-24,35H,1-4H3/b18-17+. The molecule has 4 aromatic rings. The smallest absolute Gasteiger partial charge is 0.355 e. The average Bonchev–Trinajstić information content (AvgIpc) is 3.51. The molecule has 2 aliphatic heterocycles. The Morgan fingerprint density at radius 3 is 1.94 bits per heavy atom. The van der Waals surface area contributed by atoms with E-state index >= 15 is 0 Å². The van der Waals surface area contributed by atoms with E-state index in [1.807, 2.05) is 99.3 Å². The Morgan fingerprint density at radius 2 is 1.32 bits per heavy atom. The Hall–Kier alpha value is -4.58. The summed E-state index contributed by atoms with van der Waals surface area (Å²) < 4.78 is 11.9. The number of fused-ring (bicyclic) bond motifs is 9. The highest BCUT2D eigenvalue weighted by molar-refractivity contribution is 6.35. The zero-order valence-electron chi connectivity index (χ0n) is 26.5. The molecule has 0 N–H and O–H groups in total.